The molecular formula is C63H120O21. The van der Waals surface area contributed by atoms with Gasteiger partial charge in [-0.2, -0.15) is 0 Å². The van der Waals surface area contributed by atoms with E-state index in [0.29, 0.717) is 56.7 Å². The smallest absolute Gasteiger partial charge is 0.187 e. The van der Waals surface area contributed by atoms with E-state index in [4.69, 9.17) is 47.4 Å². The Bertz CT molecular complexity index is 1600. The zero-order valence-corrected chi connectivity index (χ0v) is 52.3. The second kappa shape index (κ2) is 43.0. The van der Waals surface area contributed by atoms with Gasteiger partial charge in [-0.05, 0) is 67.6 Å². The first-order valence-corrected chi connectivity index (χ1v) is 32.9. The summed E-state index contributed by atoms with van der Waals surface area (Å²) >= 11 is 0. The van der Waals surface area contributed by atoms with Crippen LogP contribution in [0, 0.1) is 35.5 Å². The Morgan fingerprint density at radius 3 is 1.37 bits per heavy atom. The maximum Gasteiger partial charge on any atom is 0.187 e. The Hall–Kier alpha value is -0.840. The van der Waals surface area contributed by atoms with E-state index in [1.807, 2.05) is 0 Å². The Morgan fingerprint density at radius 2 is 0.881 bits per heavy atom. The van der Waals surface area contributed by atoms with E-state index in [2.05, 4.69) is 41.5 Å². The van der Waals surface area contributed by atoms with Crippen LogP contribution in [0.15, 0.2) is 0 Å². The summed E-state index contributed by atoms with van der Waals surface area (Å²) in [5.41, 5.74) is 0. The molecule has 0 radical (unpaired) electrons. The van der Waals surface area contributed by atoms with E-state index >= 15 is 0 Å². The van der Waals surface area contributed by atoms with Gasteiger partial charge in [0.1, 0.15) is 85.5 Å². The number of aliphatic hydroxyl groups is 11. The minimum absolute atomic E-state index is 0.0236. The van der Waals surface area contributed by atoms with Gasteiger partial charge in [-0.1, -0.05) is 157 Å². The largest absolute Gasteiger partial charge is 0.394 e. The zero-order chi connectivity index (χ0) is 61.4. The van der Waals surface area contributed by atoms with Crippen LogP contribution in [0.1, 0.15) is 189 Å². The minimum atomic E-state index is -1.76. The maximum absolute atomic E-state index is 11.1. The van der Waals surface area contributed by atoms with E-state index in [-0.39, 0.29) is 25.9 Å². The molecule has 21 nitrogen and oxygen atoms in total. The van der Waals surface area contributed by atoms with E-state index < -0.39 is 118 Å². The van der Waals surface area contributed by atoms with Crippen molar-refractivity contribution in [3.05, 3.63) is 0 Å². The maximum atomic E-state index is 11.1. The molecule has 1 aliphatic carbocycles. The van der Waals surface area contributed by atoms with Crippen molar-refractivity contribution in [2.24, 2.45) is 35.5 Å². The second-order valence-electron chi connectivity index (χ2n) is 26.1. The third-order valence-corrected chi connectivity index (χ3v) is 17.6. The molecule has 0 amide bonds. The fraction of sp³-hybridized carbons (Fsp3) is 1.00. The number of ether oxygens (including phenoxy) is 10. The van der Waals surface area contributed by atoms with Crippen molar-refractivity contribution in [2.75, 3.05) is 72.7 Å². The summed E-state index contributed by atoms with van der Waals surface area (Å²) in [5, 5.41) is 113. The summed E-state index contributed by atoms with van der Waals surface area (Å²) < 4.78 is 59.0. The van der Waals surface area contributed by atoms with Gasteiger partial charge in [0.15, 0.2) is 18.9 Å². The van der Waals surface area contributed by atoms with Gasteiger partial charge in [0.25, 0.3) is 0 Å². The molecule has 498 valence electrons. The lowest BCUT2D eigenvalue weighted by atomic mass is 9.95. The summed E-state index contributed by atoms with van der Waals surface area (Å²) in [6.07, 6.45) is 4.25. The molecule has 0 aromatic rings. The highest BCUT2D eigenvalue weighted by molar-refractivity contribution is 4.95. The molecule has 84 heavy (non-hydrogen) atoms. The first-order valence-electron chi connectivity index (χ1n) is 32.9. The monoisotopic (exact) mass is 1210 g/mol. The van der Waals surface area contributed by atoms with Crippen LogP contribution in [0.2, 0.25) is 0 Å². The molecule has 4 aliphatic rings. The molecule has 0 unspecified atom stereocenters. The molecule has 3 aliphatic heterocycles. The van der Waals surface area contributed by atoms with E-state index in [1.165, 1.54) is 83.5 Å². The summed E-state index contributed by atoms with van der Waals surface area (Å²) in [5.74, 6) is 4.03. The lowest BCUT2D eigenvalue weighted by molar-refractivity contribution is -0.360. The molecular weight excluding hydrogens is 1090 g/mol. The van der Waals surface area contributed by atoms with E-state index in [9.17, 15) is 56.2 Å². The fourth-order valence-corrected chi connectivity index (χ4v) is 12.0. The quantitative estimate of drug-likeness (QED) is 0.0355. The molecule has 21 heteroatoms. The number of rotatable bonds is 48. The average Bonchev–Trinajstić information content (AvgIpc) is 4.20. The van der Waals surface area contributed by atoms with Crippen molar-refractivity contribution in [1.82, 2.24) is 0 Å². The highest BCUT2D eigenvalue weighted by Gasteiger charge is 2.51. The standard InChI is InChI=1S/C63H120O21/c1-41(2)19-17-21-43(5)27-31-77-47(39-79-61-58(74)55(71)60(51(36-66)82-61)84-63-56(72)53(69)52(68)50(35-65)81-63)37-75-29-15-11-7-9-13-23-45-25-26-46(33-45)24-14-10-8-12-16-30-76-38-48(78-32-28-44(6)22-18-20-42(3)4)40-80-62-57(73)54(70)59(83-62)49(67)34-64/h41-74H,7-40H2,1-6H3/t43-,44-,45-,46+,47+,48+,49-,50-,51-,52+,53+,54-,55-,56-,57-,58-,59+,60-,61-,62-,63+/m1/s1. The summed E-state index contributed by atoms with van der Waals surface area (Å²) in [6, 6.07) is 0. The molecule has 0 bridgehead atoms. The van der Waals surface area contributed by atoms with Gasteiger partial charge >= 0.3 is 0 Å². The second-order valence-corrected chi connectivity index (χ2v) is 26.1. The van der Waals surface area contributed by atoms with Crippen molar-refractivity contribution in [3.63, 3.8) is 0 Å². The van der Waals surface area contributed by atoms with Gasteiger partial charge in [-0.25, -0.2) is 0 Å². The van der Waals surface area contributed by atoms with Gasteiger partial charge in [0.2, 0.25) is 0 Å². The first-order chi connectivity index (χ1) is 40.4. The molecule has 0 spiro atoms. The predicted molar refractivity (Wildman–Crippen MR) is 314 cm³/mol. The van der Waals surface area contributed by atoms with Crippen LogP contribution < -0.4 is 0 Å². The third-order valence-electron chi connectivity index (χ3n) is 17.6. The Labute approximate surface area is 503 Å². The molecule has 3 heterocycles. The highest BCUT2D eigenvalue weighted by Crippen LogP contribution is 2.37. The van der Waals surface area contributed by atoms with Gasteiger partial charge in [-0.3, -0.25) is 0 Å². The van der Waals surface area contributed by atoms with Gasteiger partial charge in [0, 0.05) is 26.4 Å². The summed E-state index contributed by atoms with van der Waals surface area (Å²) in [4.78, 5) is 0. The fourth-order valence-electron chi connectivity index (χ4n) is 12.0. The molecule has 1 saturated carbocycles. The van der Waals surface area contributed by atoms with E-state index in [0.717, 1.165) is 76.0 Å². The topological polar surface area (TPSA) is 315 Å². The average molecular weight is 1210 g/mol. The molecule has 11 N–H and O–H groups in total. The van der Waals surface area contributed by atoms with Crippen molar-refractivity contribution < 1.29 is 104 Å². The van der Waals surface area contributed by atoms with Gasteiger partial charge < -0.3 is 104 Å². The highest BCUT2D eigenvalue weighted by atomic mass is 16.7. The predicted octanol–water partition coefficient (Wildman–Crippen LogP) is 5.05. The molecule has 4 rings (SSSR count). The van der Waals surface area contributed by atoms with Gasteiger partial charge in [-0.15, -0.1) is 0 Å². The normalized spacial score (nSPS) is 32.2. The molecule has 3 saturated heterocycles. The Balaban J connectivity index is 1.06. The van der Waals surface area contributed by atoms with Gasteiger partial charge in [0.05, 0.1) is 46.2 Å². The van der Waals surface area contributed by atoms with Crippen molar-refractivity contribution in [3.8, 4) is 0 Å². The van der Waals surface area contributed by atoms with Crippen LogP contribution in [0.4, 0.5) is 0 Å². The van der Waals surface area contributed by atoms with Crippen LogP contribution in [0.3, 0.4) is 0 Å². The zero-order valence-electron chi connectivity index (χ0n) is 52.3. The van der Waals surface area contributed by atoms with Crippen molar-refractivity contribution in [2.45, 2.75) is 294 Å². The number of aliphatic hydroxyl groups excluding tert-OH is 11. The minimum Gasteiger partial charge on any atom is -0.394 e. The summed E-state index contributed by atoms with van der Waals surface area (Å²) in [7, 11) is 0. The van der Waals surface area contributed by atoms with E-state index in [1.54, 1.807) is 0 Å². The van der Waals surface area contributed by atoms with Crippen LogP contribution in [0.5, 0.6) is 0 Å². The lowest BCUT2D eigenvalue weighted by Gasteiger charge is -2.46. The van der Waals surface area contributed by atoms with Crippen LogP contribution in [-0.4, -0.2) is 233 Å². The van der Waals surface area contributed by atoms with Crippen LogP contribution in [0.25, 0.3) is 0 Å². The Morgan fingerprint density at radius 1 is 0.429 bits per heavy atom. The molecule has 21 atom stereocenters. The third kappa shape index (κ3) is 28.1. The van der Waals surface area contributed by atoms with Crippen molar-refractivity contribution >= 4 is 0 Å². The van der Waals surface area contributed by atoms with Crippen LogP contribution in [-0.2, 0) is 47.4 Å². The Kier molecular flexibility index (Phi) is 38.7. The molecule has 0 aromatic heterocycles. The number of hydrogen-bond donors (Lipinski definition) is 11. The SMILES string of the molecule is CC(C)CCC[C@@H](C)CCO[C@@H](COCCCCCCC[C@H]1CC[C@@H](CCCCCCCOC[C@@H](CO[C@@H]2O[C@H](CO)[C@@H](O[C@@H]3O[C@H](CO)[C@H](O)[C@H](O)[C@H]3O)[C@H](O)[C@H]2O)OCC[C@H](C)CCCC(C)C)C1)CO[C@@H]1O[C@@H]([C@H](O)CO)[C@H](O)[C@H]1O. The first kappa shape index (κ1) is 75.6. The summed E-state index contributed by atoms with van der Waals surface area (Å²) in [6.45, 7) is 14.4. The number of unbranched alkanes of at least 4 members (excludes halogenated alkanes) is 8. The number of hydrogen-bond acceptors (Lipinski definition) is 21. The van der Waals surface area contributed by atoms with Crippen LogP contribution >= 0.6 is 0 Å². The van der Waals surface area contributed by atoms with Crippen molar-refractivity contribution in [1.29, 1.82) is 0 Å². The lowest BCUT2D eigenvalue weighted by Crippen LogP contribution is -2.64. The molecule has 0 aromatic carbocycles. The molecule has 4 fully saturated rings.